The number of hydrogen-bond acceptors (Lipinski definition) is 7. The second-order valence-electron chi connectivity index (χ2n) is 7.30. The number of fused-ring (bicyclic) bond motifs is 2. The number of aromatic nitrogens is 3. The van der Waals surface area contributed by atoms with Gasteiger partial charge in [0.15, 0.2) is 21.1 Å². The maximum Gasteiger partial charge on any atom is 0.193 e. The van der Waals surface area contributed by atoms with Gasteiger partial charge in [0.25, 0.3) is 0 Å². The van der Waals surface area contributed by atoms with E-state index in [0.717, 1.165) is 5.69 Å². The van der Waals surface area contributed by atoms with Crippen molar-refractivity contribution in [2.24, 2.45) is 15.1 Å². The Labute approximate surface area is 205 Å². The van der Waals surface area contributed by atoms with Gasteiger partial charge in [-0.2, -0.15) is 5.10 Å². The molecule has 0 saturated carbocycles. The summed E-state index contributed by atoms with van der Waals surface area (Å²) in [6.45, 7) is 0.988. The number of anilines is 1. The van der Waals surface area contributed by atoms with Gasteiger partial charge in [-0.1, -0.05) is 29.8 Å². The lowest BCUT2D eigenvalue weighted by atomic mass is 10.3. The third-order valence-corrected chi connectivity index (χ3v) is 5.83. The molecule has 8 nitrogen and oxygen atoms in total. The van der Waals surface area contributed by atoms with Crippen molar-refractivity contribution in [3.8, 4) is 17.3 Å². The van der Waals surface area contributed by atoms with E-state index < -0.39 is 0 Å². The highest BCUT2D eigenvalue weighted by Crippen LogP contribution is 2.22. The first kappa shape index (κ1) is 22.0. The van der Waals surface area contributed by atoms with Gasteiger partial charge in [-0.3, -0.25) is 24.5 Å². The monoisotopic (exact) mass is 489 g/mol. The van der Waals surface area contributed by atoms with Crippen LogP contribution in [0.4, 0.5) is 5.69 Å². The molecule has 2 bridgehead atoms. The van der Waals surface area contributed by atoms with Gasteiger partial charge >= 0.3 is 0 Å². The van der Waals surface area contributed by atoms with Gasteiger partial charge in [-0.05, 0) is 60.7 Å². The summed E-state index contributed by atoms with van der Waals surface area (Å²) in [4.78, 5) is 14.1. The fourth-order valence-electron chi connectivity index (χ4n) is 3.66. The molecule has 0 atom stereocenters. The normalized spacial score (nSPS) is 12.9. The SMILES string of the molecule is COc1ccccc1NN=c1c2n(-c3ccc(Cl)cc3)c(=S)n(-c3ccccn3)c1=NCCN=2. The van der Waals surface area contributed by atoms with Gasteiger partial charge in [-0.25, -0.2) is 4.98 Å². The van der Waals surface area contributed by atoms with Crippen molar-refractivity contribution in [3.63, 3.8) is 0 Å². The average Bonchev–Trinajstić information content (AvgIpc) is 3.03. The van der Waals surface area contributed by atoms with Crippen molar-refractivity contribution in [2.45, 2.75) is 0 Å². The zero-order chi connectivity index (χ0) is 23.5. The van der Waals surface area contributed by atoms with E-state index in [0.29, 0.717) is 56.5 Å². The molecule has 1 aliphatic rings. The third-order valence-electron chi connectivity index (χ3n) is 5.21. The fourth-order valence-corrected chi connectivity index (χ4v) is 4.16. The molecule has 4 aromatic rings. The van der Waals surface area contributed by atoms with Gasteiger partial charge in [0.05, 0.1) is 31.6 Å². The molecule has 5 rings (SSSR count). The van der Waals surface area contributed by atoms with Gasteiger partial charge in [0, 0.05) is 11.2 Å². The predicted molar refractivity (Wildman–Crippen MR) is 133 cm³/mol. The van der Waals surface area contributed by atoms with Crippen LogP contribution in [0.15, 0.2) is 88.0 Å². The maximum absolute atomic E-state index is 6.15. The summed E-state index contributed by atoms with van der Waals surface area (Å²) in [7, 11) is 1.62. The first-order valence-corrected chi connectivity index (χ1v) is 11.3. The van der Waals surface area contributed by atoms with Crippen LogP contribution in [0.2, 0.25) is 5.02 Å². The summed E-state index contributed by atoms with van der Waals surface area (Å²) in [5, 5.41) is 5.91. The largest absolute Gasteiger partial charge is 0.495 e. The van der Waals surface area contributed by atoms with Crippen LogP contribution >= 0.6 is 23.8 Å². The lowest BCUT2D eigenvalue weighted by Gasteiger charge is -2.14. The summed E-state index contributed by atoms with van der Waals surface area (Å²) in [5.41, 5.74) is 5.81. The number of ether oxygens (including phenoxy) is 1. The molecule has 3 heterocycles. The first-order chi connectivity index (χ1) is 16.7. The standard InChI is InChI=1S/C24H20ClN7OS/c1-33-19-7-3-2-6-18(19)29-30-21-22-27-14-15-28-23(21)32(20-8-4-5-13-26-20)24(34)31(22)17-11-9-16(25)10-12-17/h2-13,29H,14-15H2,1H3. The smallest absolute Gasteiger partial charge is 0.193 e. The predicted octanol–water partition coefficient (Wildman–Crippen LogP) is 3.24. The van der Waals surface area contributed by atoms with E-state index in [-0.39, 0.29) is 0 Å². The molecule has 0 spiro atoms. The van der Waals surface area contributed by atoms with Crippen LogP contribution in [0, 0.1) is 4.77 Å². The Morgan fingerprint density at radius 1 is 0.941 bits per heavy atom. The molecule has 0 unspecified atom stereocenters. The van der Waals surface area contributed by atoms with Crippen LogP contribution in [0.25, 0.3) is 11.5 Å². The van der Waals surface area contributed by atoms with Gasteiger partial charge in [0.2, 0.25) is 0 Å². The van der Waals surface area contributed by atoms with Crippen LogP contribution in [-0.2, 0) is 0 Å². The molecule has 1 aliphatic heterocycles. The summed E-state index contributed by atoms with van der Waals surface area (Å²) in [6.07, 6.45) is 1.72. The maximum atomic E-state index is 6.15. The lowest BCUT2D eigenvalue weighted by molar-refractivity contribution is 0.416. The molecule has 0 fully saturated rings. The minimum absolute atomic E-state index is 0.469. The highest BCUT2D eigenvalue weighted by Gasteiger charge is 2.15. The Balaban J connectivity index is 1.87. The number of nitrogens with zero attached hydrogens (tertiary/aromatic N) is 6. The number of pyridine rings is 1. The van der Waals surface area contributed by atoms with Crippen molar-refractivity contribution in [1.29, 1.82) is 0 Å². The lowest BCUT2D eigenvalue weighted by Crippen LogP contribution is -2.51. The molecule has 2 aromatic heterocycles. The van der Waals surface area contributed by atoms with Crippen LogP contribution in [0.1, 0.15) is 0 Å². The number of rotatable bonds is 5. The number of nitrogens with one attached hydrogen (secondary N) is 1. The second kappa shape index (κ2) is 9.58. The number of methoxy groups -OCH3 is 1. The molecule has 170 valence electrons. The zero-order valence-electron chi connectivity index (χ0n) is 18.2. The molecule has 2 aromatic carbocycles. The summed E-state index contributed by atoms with van der Waals surface area (Å²) >= 11 is 12.1. The van der Waals surface area contributed by atoms with E-state index in [4.69, 9.17) is 43.6 Å². The molecule has 1 N–H and O–H groups in total. The first-order valence-electron chi connectivity index (χ1n) is 10.5. The number of hydrogen-bond donors (Lipinski definition) is 1. The van der Waals surface area contributed by atoms with E-state index in [9.17, 15) is 0 Å². The van der Waals surface area contributed by atoms with Crippen molar-refractivity contribution < 1.29 is 4.74 Å². The van der Waals surface area contributed by atoms with E-state index >= 15 is 0 Å². The number of halogens is 1. The van der Waals surface area contributed by atoms with E-state index in [1.165, 1.54) is 0 Å². The van der Waals surface area contributed by atoms with Crippen LogP contribution in [0.5, 0.6) is 5.75 Å². The van der Waals surface area contributed by atoms with Crippen molar-refractivity contribution in [1.82, 2.24) is 14.1 Å². The molecule has 0 radical (unpaired) electrons. The average molecular weight is 490 g/mol. The quantitative estimate of drug-likeness (QED) is 0.345. The molecule has 0 saturated heterocycles. The second-order valence-corrected chi connectivity index (χ2v) is 8.10. The zero-order valence-corrected chi connectivity index (χ0v) is 19.8. The summed E-state index contributed by atoms with van der Waals surface area (Å²) in [5.74, 6) is 1.30. The van der Waals surface area contributed by atoms with Gasteiger partial charge in [-0.15, -0.1) is 0 Å². The molecule has 0 amide bonds. The number of benzene rings is 2. The molecular formula is C24H20ClN7OS. The van der Waals surface area contributed by atoms with Crippen LogP contribution < -0.4 is 26.5 Å². The van der Waals surface area contributed by atoms with E-state index in [2.05, 4.69) is 10.4 Å². The Morgan fingerprint density at radius 2 is 1.65 bits per heavy atom. The van der Waals surface area contributed by atoms with Crippen LogP contribution in [0.3, 0.4) is 0 Å². The minimum atomic E-state index is 0.469. The Bertz CT molecular complexity index is 1600. The Hall–Kier alpha value is -3.82. The molecular weight excluding hydrogens is 470 g/mol. The van der Waals surface area contributed by atoms with Crippen molar-refractivity contribution in [3.05, 3.63) is 99.1 Å². The highest BCUT2D eigenvalue weighted by atomic mass is 35.5. The third kappa shape index (κ3) is 4.11. The minimum Gasteiger partial charge on any atom is -0.495 e. The highest BCUT2D eigenvalue weighted by molar-refractivity contribution is 7.71. The molecule has 0 aliphatic carbocycles. The van der Waals surface area contributed by atoms with Gasteiger partial charge < -0.3 is 4.74 Å². The summed E-state index contributed by atoms with van der Waals surface area (Å²) in [6, 6.07) is 20.6. The topological polar surface area (TPSA) is 81.1 Å². The Kier molecular flexibility index (Phi) is 6.20. The van der Waals surface area contributed by atoms with E-state index in [1.54, 1.807) is 13.3 Å². The van der Waals surface area contributed by atoms with Crippen molar-refractivity contribution in [2.75, 3.05) is 25.6 Å². The molecule has 10 heteroatoms. The van der Waals surface area contributed by atoms with Crippen LogP contribution in [-0.4, -0.2) is 34.3 Å². The molecule has 34 heavy (non-hydrogen) atoms. The van der Waals surface area contributed by atoms with E-state index in [1.807, 2.05) is 75.9 Å². The fraction of sp³-hybridized carbons (Fsp3) is 0.125. The summed E-state index contributed by atoms with van der Waals surface area (Å²) < 4.78 is 9.61. The van der Waals surface area contributed by atoms with Crippen molar-refractivity contribution >= 4 is 29.5 Å². The number of para-hydroxylation sites is 2. The van der Waals surface area contributed by atoms with Gasteiger partial charge in [0.1, 0.15) is 11.6 Å². The Morgan fingerprint density at radius 3 is 2.35 bits per heavy atom.